The molecule has 0 saturated heterocycles. The number of nitrogens with zero attached hydrogens (tertiary/aromatic N) is 2. The topological polar surface area (TPSA) is 79.8 Å². The number of carbonyl (C=O) groups is 1. The number of hydrogen-bond donors (Lipinski definition) is 2. The molecule has 1 amide bonds. The highest BCUT2D eigenvalue weighted by molar-refractivity contribution is 6.30. The molecule has 0 spiro atoms. The standard InChI is InChI=1S/C20H16ClFN4O2/c1-11-2-5-15-13(8-11)18-19(25-15)20(28)26(10-23-18)7-6-17(27)24-16-9-12(21)3-4-14(16)22/h2-5,8-10,25H,6-7H2,1H3,(H,24,27). The Morgan fingerprint density at radius 2 is 2.11 bits per heavy atom. The van der Waals surface area contributed by atoms with Crippen molar-refractivity contribution in [3.8, 4) is 0 Å². The lowest BCUT2D eigenvalue weighted by atomic mass is 10.2. The van der Waals surface area contributed by atoms with E-state index in [1.54, 1.807) is 0 Å². The molecule has 2 N–H and O–H groups in total. The molecule has 2 aromatic heterocycles. The van der Waals surface area contributed by atoms with Crippen LogP contribution in [0.2, 0.25) is 5.02 Å². The predicted octanol–water partition coefficient (Wildman–Crippen LogP) is 4.01. The molecule has 0 saturated carbocycles. The SMILES string of the molecule is Cc1ccc2[nH]c3c(=O)n(CCC(=O)Nc4cc(Cl)ccc4F)cnc3c2c1. The van der Waals surface area contributed by atoms with E-state index in [-0.39, 0.29) is 24.2 Å². The number of carbonyl (C=O) groups excluding carboxylic acids is 1. The number of nitrogens with one attached hydrogen (secondary N) is 2. The highest BCUT2D eigenvalue weighted by Gasteiger charge is 2.13. The van der Waals surface area contributed by atoms with Crippen molar-refractivity contribution in [2.75, 3.05) is 5.32 Å². The van der Waals surface area contributed by atoms with Crippen molar-refractivity contribution >= 4 is 45.1 Å². The van der Waals surface area contributed by atoms with E-state index in [2.05, 4.69) is 15.3 Å². The summed E-state index contributed by atoms with van der Waals surface area (Å²) >= 11 is 5.82. The van der Waals surface area contributed by atoms with E-state index >= 15 is 0 Å². The van der Waals surface area contributed by atoms with Crippen LogP contribution in [-0.4, -0.2) is 20.4 Å². The average Bonchev–Trinajstić information content (AvgIpc) is 3.03. The van der Waals surface area contributed by atoms with Gasteiger partial charge in [0.15, 0.2) is 0 Å². The molecule has 0 aliphatic carbocycles. The van der Waals surface area contributed by atoms with Gasteiger partial charge in [-0.2, -0.15) is 0 Å². The number of anilines is 1. The first-order chi connectivity index (χ1) is 13.4. The molecule has 142 valence electrons. The molecule has 4 aromatic rings. The Bertz CT molecular complexity index is 1280. The van der Waals surface area contributed by atoms with Gasteiger partial charge in [0, 0.05) is 28.9 Å². The zero-order valence-corrected chi connectivity index (χ0v) is 15.7. The number of halogens is 2. The summed E-state index contributed by atoms with van der Waals surface area (Å²) < 4.78 is 15.1. The molecule has 0 unspecified atom stereocenters. The van der Waals surface area contributed by atoms with Crippen LogP contribution in [0, 0.1) is 12.7 Å². The highest BCUT2D eigenvalue weighted by atomic mass is 35.5. The zero-order valence-electron chi connectivity index (χ0n) is 14.9. The summed E-state index contributed by atoms with van der Waals surface area (Å²) in [7, 11) is 0. The van der Waals surface area contributed by atoms with Crippen LogP contribution in [0.25, 0.3) is 21.9 Å². The lowest BCUT2D eigenvalue weighted by molar-refractivity contribution is -0.116. The Hall–Kier alpha value is -3.19. The van der Waals surface area contributed by atoms with Crippen LogP contribution < -0.4 is 10.9 Å². The summed E-state index contributed by atoms with van der Waals surface area (Å²) in [5.41, 5.74) is 2.64. The number of aryl methyl sites for hydroxylation is 2. The molecule has 0 fully saturated rings. The first-order valence-electron chi connectivity index (χ1n) is 8.65. The largest absolute Gasteiger partial charge is 0.349 e. The molecule has 0 aliphatic heterocycles. The Morgan fingerprint density at radius 3 is 2.93 bits per heavy atom. The third-order valence-corrected chi connectivity index (χ3v) is 4.74. The number of rotatable bonds is 4. The molecule has 28 heavy (non-hydrogen) atoms. The van der Waals surface area contributed by atoms with Gasteiger partial charge in [-0.25, -0.2) is 9.37 Å². The van der Waals surface area contributed by atoms with Crippen LogP contribution in [0.3, 0.4) is 0 Å². The fourth-order valence-electron chi connectivity index (χ4n) is 3.09. The second kappa shape index (κ2) is 7.09. The van der Waals surface area contributed by atoms with Gasteiger partial charge in [-0.05, 0) is 37.3 Å². The number of amides is 1. The number of benzene rings is 2. The van der Waals surface area contributed by atoms with Crippen molar-refractivity contribution in [1.29, 1.82) is 0 Å². The van der Waals surface area contributed by atoms with Crippen LogP contribution >= 0.6 is 11.6 Å². The van der Waals surface area contributed by atoms with Gasteiger partial charge in [-0.3, -0.25) is 14.2 Å². The smallest absolute Gasteiger partial charge is 0.277 e. The normalized spacial score (nSPS) is 11.2. The maximum atomic E-state index is 13.7. The van der Waals surface area contributed by atoms with Crippen molar-refractivity contribution in [3.63, 3.8) is 0 Å². The molecule has 0 radical (unpaired) electrons. The number of aromatic nitrogens is 3. The van der Waals surface area contributed by atoms with Gasteiger partial charge in [-0.1, -0.05) is 23.2 Å². The minimum absolute atomic E-state index is 0.00408. The van der Waals surface area contributed by atoms with E-state index < -0.39 is 11.7 Å². The molecule has 0 atom stereocenters. The Balaban J connectivity index is 1.55. The number of fused-ring (bicyclic) bond motifs is 3. The van der Waals surface area contributed by atoms with Crippen molar-refractivity contribution < 1.29 is 9.18 Å². The Morgan fingerprint density at radius 1 is 1.29 bits per heavy atom. The van der Waals surface area contributed by atoms with Crippen LogP contribution in [0.5, 0.6) is 0 Å². The summed E-state index contributed by atoms with van der Waals surface area (Å²) in [5, 5.41) is 3.66. The summed E-state index contributed by atoms with van der Waals surface area (Å²) in [6, 6.07) is 9.74. The average molecular weight is 399 g/mol. The van der Waals surface area contributed by atoms with Crippen LogP contribution in [0.15, 0.2) is 47.5 Å². The van der Waals surface area contributed by atoms with E-state index in [0.29, 0.717) is 16.1 Å². The van der Waals surface area contributed by atoms with E-state index in [1.165, 1.54) is 29.1 Å². The fraction of sp³-hybridized carbons (Fsp3) is 0.150. The van der Waals surface area contributed by atoms with Gasteiger partial charge < -0.3 is 10.3 Å². The van der Waals surface area contributed by atoms with Crippen LogP contribution in [0.1, 0.15) is 12.0 Å². The maximum Gasteiger partial charge on any atom is 0.277 e. The quantitative estimate of drug-likeness (QED) is 0.545. The molecule has 6 nitrogen and oxygen atoms in total. The third-order valence-electron chi connectivity index (χ3n) is 4.51. The molecule has 0 aliphatic rings. The molecule has 4 rings (SSSR count). The molecular formula is C20H16ClFN4O2. The Labute approximate surface area is 164 Å². The molecule has 2 aromatic carbocycles. The minimum Gasteiger partial charge on any atom is -0.349 e. The van der Waals surface area contributed by atoms with Crippen molar-refractivity contribution in [1.82, 2.24) is 14.5 Å². The first kappa shape index (κ1) is 18.2. The summed E-state index contributed by atoms with van der Waals surface area (Å²) in [4.78, 5) is 32.3. The second-order valence-corrected chi connectivity index (χ2v) is 7.00. The van der Waals surface area contributed by atoms with Crippen LogP contribution in [0.4, 0.5) is 10.1 Å². The predicted molar refractivity (Wildman–Crippen MR) is 107 cm³/mol. The van der Waals surface area contributed by atoms with Crippen molar-refractivity contribution in [2.45, 2.75) is 19.9 Å². The number of hydrogen-bond acceptors (Lipinski definition) is 3. The van der Waals surface area contributed by atoms with Crippen LogP contribution in [-0.2, 0) is 11.3 Å². The molecule has 2 heterocycles. The maximum absolute atomic E-state index is 13.7. The van der Waals surface area contributed by atoms with Gasteiger partial charge in [0.25, 0.3) is 5.56 Å². The fourth-order valence-corrected chi connectivity index (χ4v) is 3.26. The van der Waals surface area contributed by atoms with Gasteiger partial charge in [0.05, 0.1) is 12.0 Å². The molecular weight excluding hydrogens is 383 g/mol. The van der Waals surface area contributed by atoms with E-state index in [4.69, 9.17) is 11.6 Å². The summed E-state index contributed by atoms with van der Waals surface area (Å²) in [6.07, 6.45) is 1.41. The van der Waals surface area contributed by atoms with Gasteiger partial charge in [0.1, 0.15) is 16.9 Å². The van der Waals surface area contributed by atoms with E-state index in [9.17, 15) is 14.0 Å². The molecule has 0 bridgehead atoms. The minimum atomic E-state index is -0.577. The summed E-state index contributed by atoms with van der Waals surface area (Å²) in [6.45, 7) is 2.09. The van der Waals surface area contributed by atoms with Gasteiger partial charge >= 0.3 is 0 Å². The number of aromatic amines is 1. The lowest BCUT2D eigenvalue weighted by Gasteiger charge is -2.08. The first-order valence-corrected chi connectivity index (χ1v) is 9.02. The van der Waals surface area contributed by atoms with E-state index in [1.807, 2.05) is 25.1 Å². The number of H-pyrrole nitrogens is 1. The monoisotopic (exact) mass is 398 g/mol. The lowest BCUT2D eigenvalue weighted by Crippen LogP contribution is -2.23. The van der Waals surface area contributed by atoms with Gasteiger partial charge in [0.2, 0.25) is 5.91 Å². The van der Waals surface area contributed by atoms with Crippen molar-refractivity contribution in [3.05, 3.63) is 69.5 Å². The van der Waals surface area contributed by atoms with Crippen molar-refractivity contribution in [2.24, 2.45) is 0 Å². The Kier molecular flexibility index (Phi) is 4.60. The third kappa shape index (κ3) is 3.36. The van der Waals surface area contributed by atoms with Gasteiger partial charge in [-0.15, -0.1) is 0 Å². The van der Waals surface area contributed by atoms with E-state index in [0.717, 1.165) is 16.5 Å². The second-order valence-electron chi connectivity index (χ2n) is 6.56. The zero-order chi connectivity index (χ0) is 19.8. The highest BCUT2D eigenvalue weighted by Crippen LogP contribution is 2.22. The summed E-state index contributed by atoms with van der Waals surface area (Å²) in [5.74, 6) is -1.01. The molecule has 8 heteroatoms.